The van der Waals surface area contributed by atoms with Gasteiger partial charge in [-0.15, -0.1) is 10.2 Å². The predicted octanol–water partition coefficient (Wildman–Crippen LogP) is 3.07. The van der Waals surface area contributed by atoms with Crippen molar-refractivity contribution in [1.82, 2.24) is 35.7 Å². The number of alkyl carbamates (subject to hydrolysis) is 1. The lowest BCUT2D eigenvalue weighted by atomic mass is 10.0. The van der Waals surface area contributed by atoms with Crippen LogP contribution in [0.15, 0.2) is 42.5 Å². The number of aromatic nitrogens is 4. The van der Waals surface area contributed by atoms with E-state index in [1.54, 1.807) is 0 Å². The molecule has 6 rings (SSSR count). The quantitative estimate of drug-likeness (QED) is 0.360. The van der Waals surface area contributed by atoms with Gasteiger partial charge in [0.1, 0.15) is 23.7 Å². The Labute approximate surface area is 267 Å². The van der Waals surface area contributed by atoms with E-state index in [4.69, 9.17) is 4.74 Å². The van der Waals surface area contributed by atoms with Crippen LogP contribution in [0, 0.1) is 5.92 Å². The fraction of sp³-hybridized carbons (Fsp3) is 0.576. The molecule has 2 aromatic rings. The first-order chi connectivity index (χ1) is 22.2. The molecule has 5 atom stereocenters. The summed E-state index contributed by atoms with van der Waals surface area (Å²) in [4.78, 5) is 69.5. The first-order valence-corrected chi connectivity index (χ1v) is 16.4. The van der Waals surface area contributed by atoms with Gasteiger partial charge in [0.15, 0.2) is 5.78 Å². The van der Waals surface area contributed by atoms with Crippen LogP contribution in [0.4, 0.5) is 4.79 Å². The Balaban J connectivity index is 1.29. The lowest BCUT2D eigenvalue weighted by Crippen LogP contribution is -2.57. The maximum absolute atomic E-state index is 14.3. The van der Waals surface area contributed by atoms with Crippen molar-refractivity contribution in [2.45, 2.75) is 107 Å². The lowest BCUT2D eigenvalue weighted by molar-refractivity contribution is -0.142. The number of nitrogens with zero attached hydrogens (tertiary/aromatic N) is 5. The van der Waals surface area contributed by atoms with Crippen LogP contribution >= 0.6 is 0 Å². The zero-order valence-electron chi connectivity index (χ0n) is 26.1. The summed E-state index contributed by atoms with van der Waals surface area (Å²) in [6.45, 7) is 1.30. The Morgan fingerprint density at radius 2 is 1.78 bits per heavy atom. The second-order valence-corrected chi connectivity index (χ2v) is 12.9. The Kier molecular flexibility index (Phi) is 9.27. The lowest BCUT2D eigenvalue weighted by Gasteiger charge is -2.30. The number of carbonyl (C=O) groups excluding carboxylic acids is 5. The Hall–Kier alpha value is -4.42. The fourth-order valence-corrected chi connectivity index (χ4v) is 6.99. The van der Waals surface area contributed by atoms with Crippen LogP contribution in [0.2, 0.25) is 0 Å². The fourth-order valence-electron chi connectivity index (χ4n) is 6.99. The topological polar surface area (TPSA) is 165 Å². The van der Waals surface area contributed by atoms with E-state index in [0.29, 0.717) is 25.1 Å². The molecule has 3 heterocycles. The zero-order valence-corrected chi connectivity index (χ0v) is 26.1. The molecule has 46 heavy (non-hydrogen) atoms. The van der Waals surface area contributed by atoms with Gasteiger partial charge in [-0.05, 0) is 56.6 Å². The number of Topliss-reactive ketones (excluding diaryl/α,β-unsaturated/α-hetero) is 2. The molecule has 2 aliphatic carbocycles. The minimum absolute atomic E-state index is 0.0916. The maximum atomic E-state index is 14.3. The van der Waals surface area contributed by atoms with E-state index in [1.807, 2.05) is 42.5 Å². The van der Waals surface area contributed by atoms with Gasteiger partial charge in [-0.3, -0.25) is 19.2 Å². The molecule has 0 bridgehead atoms. The van der Waals surface area contributed by atoms with E-state index >= 15 is 0 Å². The number of amides is 3. The molecular formula is C33H41N7O6. The van der Waals surface area contributed by atoms with Gasteiger partial charge in [-0.25, -0.2) is 4.79 Å². The van der Waals surface area contributed by atoms with Gasteiger partial charge < -0.3 is 20.3 Å². The molecule has 0 radical (unpaired) electrons. The zero-order chi connectivity index (χ0) is 32.3. The number of tetrazole rings is 1. The van der Waals surface area contributed by atoms with E-state index in [9.17, 15) is 24.0 Å². The largest absolute Gasteiger partial charge is 0.446 e. The Morgan fingerprint density at radius 1 is 1.02 bits per heavy atom. The van der Waals surface area contributed by atoms with Gasteiger partial charge in [-0.1, -0.05) is 55.3 Å². The highest BCUT2D eigenvalue weighted by Gasteiger charge is 2.61. The molecule has 1 aromatic carbocycles. The van der Waals surface area contributed by atoms with Crippen LogP contribution in [0.5, 0.6) is 0 Å². The summed E-state index contributed by atoms with van der Waals surface area (Å²) in [6.07, 6.45) is 10.7. The van der Waals surface area contributed by atoms with Gasteiger partial charge in [0.2, 0.25) is 23.4 Å². The molecule has 2 aliphatic heterocycles. The van der Waals surface area contributed by atoms with Crippen LogP contribution < -0.4 is 10.6 Å². The summed E-state index contributed by atoms with van der Waals surface area (Å²) in [6, 6.07) is 6.96. The molecule has 0 unspecified atom stereocenters. The van der Waals surface area contributed by atoms with E-state index in [2.05, 4.69) is 26.0 Å². The Bertz CT molecular complexity index is 1500. The molecule has 13 heteroatoms. The summed E-state index contributed by atoms with van der Waals surface area (Å²) in [5, 5.41) is 18.7. The molecular weight excluding hydrogens is 590 g/mol. The van der Waals surface area contributed by atoms with Crippen molar-refractivity contribution in [1.29, 1.82) is 0 Å². The summed E-state index contributed by atoms with van der Waals surface area (Å²) in [5.74, 6) is -2.12. The average Bonchev–Trinajstić information content (AvgIpc) is 3.53. The maximum Gasteiger partial charge on any atom is 0.408 e. The highest BCUT2D eigenvalue weighted by molar-refractivity contribution is 6.41. The van der Waals surface area contributed by atoms with Crippen molar-refractivity contribution < 1.29 is 28.7 Å². The third-order valence-corrected chi connectivity index (χ3v) is 9.64. The standard InChI is InChI=1S/C33H41N7O6/c1-21(41)28(42)33-19-23(33)14-8-3-2-4-9-17-26(34-32(45)46-25-15-10-11-16-25)31(44)39-20-24(18-27(39)30(43)35-33)40-37-29(36-38-40)22-12-6-5-7-13-22/h5-8,12-14,23-27H,2-4,9-11,15-20H2,1H3,(H,34,45)(H,35,43)/t23-,24-,26+,27+,33-/m1/s1. The van der Waals surface area contributed by atoms with Gasteiger partial charge >= 0.3 is 6.09 Å². The van der Waals surface area contributed by atoms with Crippen molar-refractivity contribution in [3.63, 3.8) is 0 Å². The first-order valence-electron chi connectivity index (χ1n) is 16.4. The summed E-state index contributed by atoms with van der Waals surface area (Å²) >= 11 is 0. The van der Waals surface area contributed by atoms with E-state index < -0.39 is 53.1 Å². The van der Waals surface area contributed by atoms with Gasteiger partial charge in [0, 0.05) is 31.4 Å². The van der Waals surface area contributed by atoms with E-state index in [0.717, 1.165) is 50.5 Å². The highest BCUT2D eigenvalue weighted by Crippen LogP contribution is 2.46. The van der Waals surface area contributed by atoms with Crippen LogP contribution in [-0.4, -0.2) is 84.9 Å². The molecule has 3 fully saturated rings. The third-order valence-electron chi connectivity index (χ3n) is 9.64. The molecule has 2 saturated carbocycles. The monoisotopic (exact) mass is 631 g/mol. The van der Waals surface area contributed by atoms with Gasteiger partial charge in [-0.2, -0.15) is 4.80 Å². The minimum atomic E-state index is -1.33. The minimum Gasteiger partial charge on any atom is -0.446 e. The number of carbonyl (C=O) groups is 5. The number of allylic oxidation sites excluding steroid dienone is 1. The van der Waals surface area contributed by atoms with Crippen LogP contribution in [-0.2, 0) is 23.9 Å². The van der Waals surface area contributed by atoms with Gasteiger partial charge in [0.25, 0.3) is 0 Å². The number of ketones is 2. The average molecular weight is 632 g/mol. The van der Waals surface area contributed by atoms with Crippen molar-refractivity contribution in [2.75, 3.05) is 6.54 Å². The van der Waals surface area contributed by atoms with Gasteiger partial charge in [0.05, 0.1) is 6.04 Å². The first kappa shape index (κ1) is 31.6. The molecule has 1 saturated heterocycles. The number of benzene rings is 1. The summed E-state index contributed by atoms with van der Waals surface area (Å²) in [7, 11) is 0. The molecule has 244 valence electrons. The summed E-state index contributed by atoms with van der Waals surface area (Å²) < 4.78 is 5.63. The number of ether oxygens (including phenoxy) is 1. The predicted molar refractivity (Wildman–Crippen MR) is 165 cm³/mol. The number of fused-ring (bicyclic) bond motifs is 2. The molecule has 13 nitrogen and oxygen atoms in total. The smallest absolute Gasteiger partial charge is 0.408 e. The number of nitrogens with one attached hydrogen (secondary N) is 2. The highest BCUT2D eigenvalue weighted by atomic mass is 16.6. The number of hydrogen-bond acceptors (Lipinski definition) is 9. The Morgan fingerprint density at radius 3 is 2.54 bits per heavy atom. The van der Waals surface area contributed by atoms with Crippen LogP contribution in [0.3, 0.4) is 0 Å². The van der Waals surface area contributed by atoms with Crippen molar-refractivity contribution in [2.24, 2.45) is 5.92 Å². The van der Waals surface area contributed by atoms with E-state index in [-0.39, 0.29) is 25.0 Å². The molecule has 3 amide bonds. The summed E-state index contributed by atoms with van der Waals surface area (Å²) in [5.41, 5.74) is -0.556. The molecule has 2 N–H and O–H groups in total. The van der Waals surface area contributed by atoms with Crippen LogP contribution in [0.25, 0.3) is 11.4 Å². The van der Waals surface area contributed by atoms with Crippen molar-refractivity contribution in [3.05, 3.63) is 42.5 Å². The third kappa shape index (κ3) is 6.73. The second kappa shape index (κ2) is 13.5. The number of rotatable bonds is 6. The second-order valence-electron chi connectivity index (χ2n) is 12.9. The molecule has 0 spiro atoms. The van der Waals surface area contributed by atoms with Crippen molar-refractivity contribution >= 4 is 29.5 Å². The normalized spacial score (nSPS) is 28.8. The van der Waals surface area contributed by atoms with Crippen molar-refractivity contribution in [3.8, 4) is 11.4 Å². The SMILES string of the molecule is CC(=O)C(=O)[C@@]12C[C@H]1C=CCCCCC[C@H](NC(=O)OC1CCCC1)C(=O)N1C[C@H](n3nnc(-c4ccccc4)n3)C[C@H]1C(=O)N2. The molecule has 1 aromatic heterocycles. The van der Waals surface area contributed by atoms with Crippen LogP contribution in [0.1, 0.15) is 83.6 Å². The number of hydrogen-bond donors (Lipinski definition) is 2. The van der Waals surface area contributed by atoms with E-state index in [1.165, 1.54) is 16.6 Å². The molecule has 4 aliphatic rings.